The molecule has 3 fully saturated rings. The maximum absolute atomic E-state index is 12.6. The first-order valence-electron chi connectivity index (χ1n) is 8.06. The molecule has 1 aromatic heterocycles. The van der Waals surface area contributed by atoms with Crippen LogP contribution in [0.15, 0.2) is 28.7 Å². The van der Waals surface area contributed by atoms with Gasteiger partial charge in [0, 0.05) is 18.4 Å². The molecule has 0 amide bonds. The molecule has 0 spiro atoms. The summed E-state index contributed by atoms with van der Waals surface area (Å²) in [4.78, 5) is 15.1. The van der Waals surface area contributed by atoms with Crippen molar-refractivity contribution < 1.29 is 13.9 Å². The molecule has 0 unspecified atom stereocenters. The van der Waals surface area contributed by atoms with Gasteiger partial charge < -0.3 is 14.1 Å². The van der Waals surface area contributed by atoms with E-state index in [4.69, 9.17) is 9.15 Å². The Bertz CT molecular complexity index is 697. The average Bonchev–Trinajstić information content (AvgIpc) is 3.00. The summed E-state index contributed by atoms with van der Waals surface area (Å²) in [7, 11) is 1.62. The molecule has 0 aliphatic carbocycles. The Labute approximate surface area is 130 Å². The van der Waals surface area contributed by atoms with Crippen LogP contribution in [0.25, 0.3) is 11.0 Å². The molecule has 0 saturated carbocycles. The van der Waals surface area contributed by atoms with Gasteiger partial charge in [-0.05, 0) is 49.9 Å². The number of fused-ring (bicyclic) bond motifs is 4. The third kappa shape index (κ3) is 2.31. The third-order valence-corrected chi connectivity index (χ3v) is 5.24. The van der Waals surface area contributed by atoms with E-state index in [9.17, 15) is 4.79 Å². The second kappa shape index (κ2) is 5.43. The number of Topliss-reactive ketones (excluding diaryl/α,β-unsaturated/α-hetero) is 1. The molecule has 1 aromatic carbocycles. The monoisotopic (exact) mass is 299 g/mol. The van der Waals surface area contributed by atoms with Crippen molar-refractivity contribution in [3.8, 4) is 5.75 Å². The number of rotatable bonds is 4. The van der Waals surface area contributed by atoms with Crippen molar-refractivity contribution in [2.75, 3.05) is 26.7 Å². The van der Waals surface area contributed by atoms with E-state index in [0.717, 1.165) is 11.9 Å². The molecule has 2 aromatic rings. The van der Waals surface area contributed by atoms with Crippen molar-refractivity contribution in [3.05, 3.63) is 30.0 Å². The van der Waals surface area contributed by atoms with Crippen LogP contribution >= 0.6 is 0 Å². The fraction of sp³-hybridized carbons (Fsp3) is 0.500. The molecule has 22 heavy (non-hydrogen) atoms. The highest BCUT2D eigenvalue weighted by molar-refractivity contribution is 5.98. The number of carbonyl (C=O) groups excluding carboxylic acids is 1. The number of nitrogens with zero attached hydrogens (tertiary/aromatic N) is 1. The van der Waals surface area contributed by atoms with Gasteiger partial charge in [-0.1, -0.05) is 12.1 Å². The summed E-state index contributed by atoms with van der Waals surface area (Å²) in [6.07, 6.45) is 3.08. The predicted octanol–water partition coefficient (Wildman–Crippen LogP) is 3.36. The first kappa shape index (κ1) is 13.8. The Morgan fingerprint density at radius 3 is 2.86 bits per heavy atom. The SMILES string of the molecule is COc1cccc2cc(C(=O)C[C@H]3CN4CCC3CC4)oc12. The van der Waals surface area contributed by atoms with Gasteiger partial charge in [0.15, 0.2) is 22.9 Å². The number of hydrogen-bond donors (Lipinski definition) is 0. The topological polar surface area (TPSA) is 42.7 Å². The van der Waals surface area contributed by atoms with Crippen LogP contribution in [0.4, 0.5) is 0 Å². The lowest BCUT2D eigenvalue weighted by atomic mass is 9.76. The van der Waals surface area contributed by atoms with Gasteiger partial charge in [0.05, 0.1) is 7.11 Å². The zero-order valence-corrected chi connectivity index (χ0v) is 12.9. The van der Waals surface area contributed by atoms with Crippen LogP contribution in [0, 0.1) is 11.8 Å². The van der Waals surface area contributed by atoms with E-state index in [1.165, 1.54) is 25.9 Å². The number of para-hydroxylation sites is 1. The second-order valence-electron chi connectivity index (χ2n) is 6.51. The molecule has 4 nitrogen and oxygen atoms in total. The van der Waals surface area contributed by atoms with E-state index in [-0.39, 0.29) is 5.78 Å². The van der Waals surface area contributed by atoms with Crippen LogP contribution in [0.1, 0.15) is 29.8 Å². The summed E-state index contributed by atoms with van der Waals surface area (Å²) in [5.74, 6) is 2.48. The van der Waals surface area contributed by atoms with Crippen LogP contribution in [-0.2, 0) is 0 Å². The Morgan fingerprint density at radius 2 is 2.18 bits per heavy atom. The van der Waals surface area contributed by atoms with Crippen molar-refractivity contribution in [2.24, 2.45) is 11.8 Å². The zero-order chi connectivity index (χ0) is 15.1. The van der Waals surface area contributed by atoms with E-state index in [1.807, 2.05) is 24.3 Å². The molecule has 4 heteroatoms. The van der Waals surface area contributed by atoms with Crippen molar-refractivity contribution >= 4 is 16.8 Å². The Kier molecular flexibility index (Phi) is 3.41. The Balaban J connectivity index is 1.55. The molecule has 0 N–H and O–H groups in total. The van der Waals surface area contributed by atoms with Gasteiger partial charge in [-0.25, -0.2) is 0 Å². The van der Waals surface area contributed by atoms with Crippen LogP contribution < -0.4 is 4.74 Å². The standard InChI is InChI=1S/C18H21NO3/c1-21-16-4-2-3-13-10-17(22-18(13)16)15(20)9-14-11-19-7-5-12(14)6-8-19/h2-4,10,12,14H,5-9,11H2,1H3/t14-/m0/s1. The lowest BCUT2D eigenvalue weighted by Crippen LogP contribution is -2.47. The highest BCUT2D eigenvalue weighted by Crippen LogP contribution is 2.36. The summed E-state index contributed by atoms with van der Waals surface area (Å²) < 4.78 is 11.1. The number of benzene rings is 1. The maximum Gasteiger partial charge on any atom is 0.198 e. The summed E-state index contributed by atoms with van der Waals surface area (Å²) in [5, 5.41) is 0.927. The minimum atomic E-state index is 0.122. The van der Waals surface area contributed by atoms with Gasteiger partial charge in [-0.3, -0.25) is 4.79 Å². The first-order chi connectivity index (χ1) is 10.7. The second-order valence-corrected chi connectivity index (χ2v) is 6.51. The average molecular weight is 299 g/mol. The Hall–Kier alpha value is -1.81. The molecule has 2 bridgehead atoms. The predicted molar refractivity (Wildman–Crippen MR) is 84.4 cm³/mol. The highest BCUT2D eigenvalue weighted by atomic mass is 16.5. The largest absolute Gasteiger partial charge is 0.493 e. The van der Waals surface area contributed by atoms with Crippen LogP contribution in [0.5, 0.6) is 5.75 Å². The molecule has 3 aliphatic heterocycles. The van der Waals surface area contributed by atoms with E-state index < -0.39 is 0 Å². The van der Waals surface area contributed by atoms with Crippen molar-refractivity contribution in [1.82, 2.24) is 4.90 Å². The molecule has 1 atom stereocenters. The van der Waals surface area contributed by atoms with Gasteiger partial charge in [0.25, 0.3) is 0 Å². The number of hydrogen-bond acceptors (Lipinski definition) is 4. The van der Waals surface area contributed by atoms with Crippen molar-refractivity contribution in [3.63, 3.8) is 0 Å². The quantitative estimate of drug-likeness (QED) is 0.812. The van der Waals surface area contributed by atoms with Crippen LogP contribution in [0.2, 0.25) is 0 Å². The lowest BCUT2D eigenvalue weighted by Gasteiger charge is -2.44. The molecule has 4 heterocycles. The molecular formula is C18H21NO3. The number of methoxy groups -OCH3 is 1. The number of ether oxygens (including phenoxy) is 1. The van der Waals surface area contributed by atoms with Gasteiger partial charge in [0.2, 0.25) is 0 Å². The third-order valence-electron chi connectivity index (χ3n) is 5.24. The summed E-state index contributed by atoms with van der Waals surface area (Å²) in [5.41, 5.74) is 0.669. The van der Waals surface area contributed by atoms with Crippen LogP contribution in [0.3, 0.4) is 0 Å². The summed E-state index contributed by atoms with van der Waals surface area (Å²) >= 11 is 0. The van der Waals surface area contributed by atoms with E-state index in [2.05, 4.69) is 4.90 Å². The van der Waals surface area contributed by atoms with E-state index in [0.29, 0.717) is 35.3 Å². The van der Waals surface area contributed by atoms with Crippen molar-refractivity contribution in [2.45, 2.75) is 19.3 Å². The minimum Gasteiger partial charge on any atom is -0.493 e. The number of carbonyl (C=O) groups is 1. The number of furan rings is 1. The van der Waals surface area contributed by atoms with Gasteiger partial charge in [-0.15, -0.1) is 0 Å². The molecular weight excluding hydrogens is 278 g/mol. The van der Waals surface area contributed by atoms with Crippen LogP contribution in [-0.4, -0.2) is 37.4 Å². The molecule has 3 aliphatic rings. The fourth-order valence-electron chi connectivity index (χ4n) is 3.99. The van der Waals surface area contributed by atoms with Gasteiger partial charge in [-0.2, -0.15) is 0 Å². The maximum atomic E-state index is 12.6. The van der Waals surface area contributed by atoms with E-state index in [1.54, 1.807) is 7.11 Å². The summed E-state index contributed by atoms with van der Waals surface area (Å²) in [6, 6.07) is 7.57. The number of piperidine rings is 3. The highest BCUT2D eigenvalue weighted by Gasteiger charge is 2.35. The molecule has 3 saturated heterocycles. The minimum absolute atomic E-state index is 0.122. The van der Waals surface area contributed by atoms with E-state index >= 15 is 0 Å². The zero-order valence-electron chi connectivity index (χ0n) is 12.9. The van der Waals surface area contributed by atoms with Crippen molar-refractivity contribution in [1.29, 1.82) is 0 Å². The molecule has 5 rings (SSSR count). The fourth-order valence-corrected chi connectivity index (χ4v) is 3.99. The smallest absolute Gasteiger partial charge is 0.198 e. The van der Waals surface area contributed by atoms with Gasteiger partial charge in [0.1, 0.15) is 0 Å². The molecule has 116 valence electrons. The first-order valence-corrected chi connectivity index (χ1v) is 8.06. The summed E-state index contributed by atoms with van der Waals surface area (Å²) in [6.45, 7) is 3.48. The lowest BCUT2D eigenvalue weighted by molar-refractivity contribution is 0.0433. The number of ketones is 1. The Morgan fingerprint density at radius 1 is 1.36 bits per heavy atom. The normalized spacial score (nSPS) is 27.2. The van der Waals surface area contributed by atoms with Gasteiger partial charge >= 0.3 is 0 Å². The molecule has 0 radical (unpaired) electrons.